The number of amides is 1. The molecule has 2 aliphatic heterocycles. The third-order valence-corrected chi connectivity index (χ3v) is 8.87. The van der Waals surface area contributed by atoms with Gasteiger partial charge in [-0.1, -0.05) is 17.3 Å². The number of sulfonamides is 1. The van der Waals surface area contributed by atoms with E-state index in [9.17, 15) is 17.6 Å². The number of benzene rings is 2. The van der Waals surface area contributed by atoms with Crippen LogP contribution in [-0.2, 0) is 14.8 Å². The molecule has 0 N–H and O–H groups in total. The first-order chi connectivity index (χ1) is 18.1. The van der Waals surface area contributed by atoms with Crippen molar-refractivity contribution >= 4 is 32.7 Å². The predicted molar refractivity (Wildman–Crippen MR) is 141 cm³/mol. The molecule has 2 unspecified atom stereocenters. The Morgan fingerprint density at radius 3 is 2.61 bits per heavy atom. The van der Waals surface area contributed by atoms with Crippen molar-refractivity contribution < 1.29 is 22.1 Å². The summed E-state index contributed by atoms with van der Waals surface area (Å²) in [7, 11) is -3.35. The highest BCUT2D eigenvalue weighted by atomic mass is 32.2. The molecule has 0 radical (unpaired) electrons. The highest BCUT2D eigenvalue weighted by Crippen LogP contribution is 2.41. The maximum Gasteiger partial charge on any atom is 0.227 e. The van der Waals surface area contributed by atoms with E-state index in [1.165, 1.54) is 22.7 Å². The van der Waals surface area contributed by atoms with Gasteiger partial charge in [0.25, 0.3) is 0 Å². The van der Waals surface area contributed by atoms with Crippen molar-refractivity contribution in [2.24, 2.45) is 0 Å². The zero-order valence-corrected chi connectivity index (χ0v) is 22.2. The summed E-state index contributed by atoms with van der Waals surface area (Å²) in [6.45, 7) is 4.49. The smallest absolute Gasteiger partial charge is 0.227 e. The number of rotatable bonds is 5. The van der Waals surface area contributed by atoms with Crippen molar-refractivity contribution in [3.05, 3.63) is 65.6 Å². The molecule has 9 nitrogen and oxygen atoms in total. The van der Waals surface area contributed by atoms with Crippen LogP contribution in [-0.4, -0.2) is 52.7 Å². The third kappa shape index (κ3) is 4.10. The molecule has 0 spiro atoms. The lowest BCUT2D eigenvalue weighted by Crippen LogP contribution is -2.31. The van der Waals surface area contributed by atoms with Crippen LogP contribution in [0.4, 0.5) is 10.1 Å². The lowest BCUT2D eigenvalue weighted by Gasteiger charge is -2.27. The minimum absolute atomic E-state index is 0.0974. The number of aromatic nitrogens is 3. The van der Waals surface area contributed by atoms with Gasteiger partial charge in [0, 0.05) is 30.8 Å². The van der Waals surface area contributed by atoms with Crippen molar-refractivity contribution in [2.75, 3.05) is 24.2 Å². The molecule has 6 rings (SSSR count). The second-order valence-corrected chi connectivity index (χ2v) is 12.1. The summed E-state index contributed by atoms with van der Waals surface area (Å²) < 4.78 is 47.7. The molecule has 2 aromatic carbocycles. The molecular formula is C27H28FN5O4S. The van der Waals surface area contributed by atoms with Crippen LogP contribution >= 0.6 is 0 Å². The highest BCUT2D eigenvalue weighted by molar-refractivity contribution is 7.88. The molecular weight excluding hydrogens is 509 g/mol. The first-order valence-electron chi connectivity index (χ1n) is 12.6. The van der Waals surface area contributed by atoms with E-state index in [0.29, 0.717) is 49.6 Å². The van der Waals surface area contributed by atoms with E-state index in [0.717, 1.165) is 27.9 Å². The van der Waals surface area contributed by atoms with E-state index in [4.69, 9.17) is 9.51 Å². The average Bonchev–Trinajstić information content (AvgIpc) is 3.63. The van der Waals surface area contributed by atoms with Gasteiger partial charge in [-0.25, -0.2) is 22.1 Å². The van der Waals surface area contributed by atoms with E-state index in [1.807, 2.05) is 32.0 Å². The topological polar surface area (TPSA) is 102 Å². The van der Waals surface area contributed by atoms with Gasteiger partial charge in [0.2, 0.25) is 15.9 Å². The molecule has 2 saturated heterocycles. The molecule has 4 heterocycles. The van der Waals surface area contributed by atoms with Crippen LogP contribution in [0.5, 0.6) is 0 Å². The van der Waals surface area contributed by atoms with Gasteiger partial charge in [-0.05, 0) is 62.6 Å². The number of carbonyl (C=O) groups is 1. The average molecular weight is 538 g/mol. The summed E-state index contributed by atoms with van der Waals surface area (Å²) in [5, 5.41) is 4.07. The second kappa shape index (κ2) is 9.02. The quantitative estimate of drug-likeness (QED) is 0.371. The van der Waals surface area contributed by atoms with E-state index >= 15 is 0 Å². The maximum atomic E-state index is 14.1. The Balaban J connectivity index is 1.51. The van der Waals surface area contributed by atoms with Crippen LogP contribution in [0.2, 0.25) is 0 Å². The van der Waals surface area contributed by atoms with Crippen molar-refractivity contribution in [1.29, 1.82) is 0 Å². The molecule has 0 bridgehead atoms. The van der Waals surface area contributed by atoms with E-state index in [2.05, 4.69) is 9.72 Å². The number of imidazole rings is 1. The Kier molecular flexibility index (Phi) is 5.88. The minimum atomic E-state index is -3.35. The molecule has 2 aromatic heterocycles. The molecule has 0 saturated carbocycles. The first kappa shape index (κ1) is 24.7. The van der Waals surface area contributed by atoms with Gasteiger partial charge in [0.15, 0.2) is 0 Å². The Hall–Kier alpha value is -3.57. The summed E-state index contributed by atoms with van der Waals surface area (Å²) in [6.07, 6.45) is 2.68. The monoisotopic (exact) mass is 537 g/mol. The summed E-state index contributed by atoms with van der Waals surface area (Å²) in [5.41, 5.74) is 4.67. The molecule has 2 fully saturated rings. The Bertz CT molecular complexity index is 1660. The van der Waals surface area contributed by atoms with Gasteiger partial charge in [-0.15, -0.1) is 0 Å². The Labute approximate surface area is 219 Å². The third-order valence-electron chi connectivity index (χ3n) is 7.60. The van der Waals surface area contributed by atoms with Crippen LogP contribution in [0.25, 0.3) is 22.2 Å². The number of fused-ring (bicyclic) bond motifs is 1. The summed E-state index contributed by atoms with van der Waals surface area (Å²) in [6, 6.07) is 11.4. The fraction of sp³-hybridized carbons (Fsp3) is 0.370. The van der Waals surface area contributed by atoms with Crippen LogP contribution in [0.3, 0.4) is 0 Å². The van der Waals surface area contributed by atoms with Gasteiger partial charge in [-0.2, -0.15) is 0 Å². The van der Waals surface area contributed by atoms with Gasteiger partial charge in [0.1, 0.15) is 17.4 Å². The zero-order valence-electron chi connectivity index (χ0n) is 21.4. The number of halogens is 1. The normalized spacial score (nSPS) is 20.7. The van der Waals surface area contributed by atoms with Crippen LogP contribution in [0.1, 0.15) is 48.6 Å². The van der Waals surface area contributed by atoms with Crippen molar-refractivity contribution in [2.45, 2.75) is 45.2 Å². The van der Waals surface area contributed by atoms with Gasteiger partial charge < -0.3 is 14.0 Å². The van der Waals surface area contributed by atoms with Crippen molar-refractivity contribution in [3.63, 3.8) is 0 Å². The molecule has 0 aliphatic carbocycles. The van der Waals surface area contributed by atoms with Gasteiger partial charge >= 0.3 is 0 Å². The Morgan fingerprint density at radius 2 is 1.92 bits per heavy atom. The first-order valence-corrected chi connectivity index (χ1v) is 14.4. The molecule has 38 heavy (non-hydrogen) atoms. The summed E-state index contributed by atoms with van der Waals surface area (Å²) >= 11 is 0. The predicted octanol–water partition coefficient (Wildman–Crippen LogP) is 4.52. The second-order valence-electron chi connectivity index (χ2n) is 10.1. The largest absolute Gasteiger partial charge is 0.361 e. The molecule has 11 heteroatoms. The van der Waals surface area contributed by atoms with Crippen molar-refractivity contribution in [3.8, 4) is 11.1 Å². The molecule has 1 amide bonds. The van der Waals surface area contributed by atoms with E-state index in [1.54, 1.807) is 17.0 Å². The maximum absolute atomic E-state index is 14.1. The van der Waals surface area contributed by atoms with Crippen LogP contribution in [0.15, 0.2) is 47.0 Å². The van der Waals surface area contributed by atoms with E-state index < -0.39 is 21.9 Å². The summed E-state index contributed by atoms with van der Waals surface area (Å²) in [4.78, 5) is 19.7. The standard InChI is InChI=1S/C27H28FN5O4S/c1-16-26(17(2)37-30-16)18-7-8-23-22(13-18)29-27(33(23)21-11-12-31(15-21)38(3,35)36)24-9-10-25(34)32(24)20-6-4-5-19(28)14-20/h4-8,13-14,21,24H,9-12,15H2,1-3H3. The minimum Gasteiger partial charge on any atom is -0.361 e. The number of nitrogens with zero attached hydrogens (tertiary/aromatic N) is 5. The molecule has 198 valence electrons. The van der Waals surface area contributed by atoms with Crippen molar-refractivity contribution in [1.82, 2.24) is 19.0 Å². The number of carbonyl (C=O) groups excluding carboxylic acids is 1. The SMILES string of the molecule is Cc1noc(C)c1-c1ccc2c(c1)nc(C1CCC(=O)N1c1cccc(F)c1)n2C1CCN(S(C)(=O)=O)C1. The fourth-order valence-electron chi connectivity index (χ4n) is 5.89. The van der Waals surface area contributed by atoms with Crippen LogP contribution < -0.4 is 4.90 Å². The zero-order chi connectivity index (χ0) is 26.8. The van der Waals surface area contributed by atoms with Gasteiger partial charge in [-0.3, -0.25) is 4.79 Å². The number of hydrogen-bond acceptors (Lipinski definition) is 6. The molecule has 2 aliphatic rings. The molecule has 4 aromatic rings. The van der Waals surface area contributed by atoms with Gasteiger partial charge in [0.05, 0.1) is 35.1 Å². The number of anilines is 1. The number of aryl methyl sites for hydroxylation is 2. The van der Waals surface area contributed by atoms with Crippen LogP contribution in [0, 0.1) is 19.7 Å². The summed E-state index contributed by atoms with van der Waals surface area (Å²) in [5.74, 6) is 0.865. The Morgan fingerprint density at radius 1 is 1.11 bits per heavy atom. The van der Waals surface area contributed by atoms with E-state index in [-0.39, 0.29) is 11.9 Å². The fourth-order valence-corrected chi connectivity index (χ4v) is 6.77. The lowest BCUT2D eigenvalue weighted by molar-refractivity contribution is -0.117. The number of hydrogen-bond donors (Lipinski definition) is 0. The lowest BCUT2D eigenvalue weighted by atomic mass is 10.0. The molecule has 2 atom stereocenters. The highest BCUT2D eigenvalue weighted by Gasteiger charge is 2.39.